The molecule has 0 spiro atoms. The van der Waals surface area contributed by atoms with Crippen LogP contribution in [0.5, 0.6) is 5.75 Å². The van der Waals surface area contributed by atoms with Crippen LogP contribution in [0, 0.1) is 0 Å². The normalized spacial score (nSPS) is 10.5. The molecule has 1 N–H and O–H groups in total. The minimum Gasteiger partial charge on any atom is -0.497 e. The molecule has 0 bridgehead atoms. The van der Waals surface area contributed by atoms with E-state index in [1.807, 2.05) is 18.2 Å². The summed E-state index contributed by atoms with van der Waals surface area (Å²) in [5.74, 6) is -0.424. The number of aromatic carboxylic acids is 1. The number of rotatable bonds is 4. The third-order valence-corrected chi connectivity index (χ3v) is 3.76. The average molecular weight is 329 g/mol. The number of hydrogen-bond acceptors (Lipinski definition) is 3. The maximum Gasteiger partial charge on any atom is 0.341 e. The summed E-state index contributed by atoms with van der Waals surface area (Å²) in [6, 6.07) is 16.1. The fraction of sp³-hybridized carbons (Fsp3) is 0.0588. The van der Waals surface area contributed by atoms with Crippen LogP contribution in [-0.2, 0) is 0 Å². The number of carboxylic acid groups (broad SMARTS) is 1. The van der Waals surface area contributed by atoms with Gasteiger partial charge in [-0.25, -0.2) is 9.48 Å². The van der Waals surface area contributed by atoms with Crippen LogP contribution in [-0.4, -0.2) is 28.0 Å². The summed E-state index contributed by atoms with van der Waals surface area (Å²) in [5.41, 5.74) is 1.66. The molecule has 0 aliphatic rings. The maximum absolute atomic E-state index is 11.6. The van der Waals surface area contributed by atoms with E-state index < -0.39 is 5.97 Å². The van der Waals surface area contributed by atoms with Crippen molar-refractivity contribution in [2.45, 2.75) is 0 Å². The van der Waals surface area contributed by atoms with Crippen LogP contribution in [0.4, 0.5) is 0 Å². The Morgan fingerprint density at radius 1 is 1.13 bits per heavy atom. The number of carbonyl (C=O) groups is 1. The van der Waals surface area contributed by atoms with Crippen molar-refractivity contribution >= 4 is 17.6 Å². The SMILES string of the molecule is COc1ccc(-n2nc(-c3ccccc3)c(C(=O)O)c2Cl)cc1. The Labute approximate surface area is 137 Å². The maximum atomic E-state index is 11.6. The number of aromatic nitrogens is 2. The smallest absolute Gasteiger partial charge is 0.341 e. The number of carboxylic acids is 1. The zero-order chi connectivity index (χ0) is 16.4. The third kappa shape index (κ3) is 2.78. The Hall–Kier alpha value is -2.79. The van der Waals surface area contributed by atoms with Crippen LogP contribution in [0.25, 0.3) is 16.9 Å². The van der Waals surface area contributed by atoms with Crippen LogP contribution < -0.4 is 4.74 Å². The van der Waals surface area contributed by atoms with Gasteiger partial charge in [-0.1, -0.05) is 41.9 Å². The minimum absolute atomic E-state index is 0.0197. The summed E-state index contributed by atoms with van der Waals surface area (Å²) in [4.78, 5) is 11.6. The highest BCUT2D eigenvalue weighted by atomic mass is 35.5. The van der Waals surface area contributed by atoms with Gasteiger partial charge in [0.1, 0.15) is 22.2 Å². The summed E-state index contributed by atoms with van der Waals surface area (Å²) in [5, 5.41) is 13.9. The van der Waals surface area contributed by atoms with Crippen molar-refractivity contribution in [1.29, 1.82) is 0 Å². The Morgan fingerprint density at radius 2 is 1.78 bits per heavy atom. The van der Waals surface area contributed by atoms with Crippen LogP contribution in [0.1, 0.15) is 10.4 Å². The Bertz CT molecular complexity index is 842. The molecule has 0 unspecified atom stereocenters. The molecule has 1 aromatic heterocycles. The van der Waals surface area contributed by atoms with Crippen molar-refractivity contribution in [3.63, 3.8) is 0 Å². The van der Waals surface area contributed by atoms with E-state index in [0.717, 1.165) is 0 Å². The molecule has 0 amide bonds. The van der Waals surface area contributed by atoms with Gasteiger partial charge in [-0.15, -0.1) is 0 Å². The highest BCUT2D eigenvalue weighted by molar-refractivity contribution is 6.33. The lowest BCUT2D eigenvalue weighted by atomic mass is 10.1. The van der Waals surface area contributed by atoms with Crippen molar-refractivity contribution in [3.8, 4) is 22.7 Å². The number of hydrogen-bond donors (Lipinski definition) is 1. The first kappa shape index (κ1) is 15.1. The van der Waals surface area contributed by atoms with E-state index in [1.165, 1.54) is 4.68 Å². The monoisotopic (exact) mass is 328 g/mol. The lowest BCUT2D eigenvalue weighted by molar-refractivity contribution is 0.0698. The first-order chi connectivity index (χ1) is 11.1. The topological polar surface area (TPSA) is 64.4 Å². The van der Waals surface area contributed by atoms with Gasteiger partial charge in [0.2, 0.25) is 0 Å². The number of methoxy groups -OCH3 is 1. The Balaban J connectivity index is 2.17. The highest BCUT2D eigenvalue weighted by Gasteiger charge is 2.24. The van der Waals surface area contributed by atoms with Gasteiger partial charge in [-0.3, -0.25) is 0 Å². The summed E-state index contributed by atoms with van der Waals surface area (Å²) in [7, 11) is 1.58. The van der Waals surface area contributed by atoms with Gasteiger partial charge in [0, 0.05) is 5.56 Å². The van der Waals surface area contributed by atoms with E-state index in [4.69, 9.17) is 16.3 Å². The number of benzene rings is 2. The standard InChI is InChI=1S/C17H13ClN2O3/c1-23-13-9-7-12(8-10-13)20-16(18)14(17(21)22)15(19-20)11-5-3-2-4-6-11/h2-10H,1H3,(H,21,22). The van der Waals surface area contributed by atoms with Crippen molar-refractivity contribution in [2.24, 2.45) is 0 Å². The highest BCUT2D eigenvalue weighted by Crippen LogP contribution is 2.31. The molecule has 0 aliphatic heterocycles. The lowest BCUT2D eigenvalue weighted by Crippen LogP contribution is -1.99. The molecule has 1 heterocycles. The van der Waals surface area contributed by atoms with E-state index in [2.05, 4.69) is 5.10 Å². The molecule has 0 saturated heterocycles. The summed E-state index contributed by atoms with van der Waals surface area (Å²) in [6.07, 6.45) is 0. The molecule has 0 aliphatic carbocycles. The van der Waals surface area contributed by atoms with E-state index >= 15 is 0 Å². The fourth-order valence-corrected chi connectivity index (χ4v) is 2.59. The molecule has 2 aromatic carbocycles. The van der Waals surface area contributed by atoms with Crippen LogP contribution in [0.2, 0.25) is 5.15 Å². The molecule has 0 radical (unpaired) electrons. The number of ether oxygens (including phenoxy) is 1. The van der Waals surface area contributed by atoms with Gasteiger partial charge in [-0.2, -0.15) is 5.10 Å². The fourth-order valence-electron chi connectivity index (χ4n) is 2.28. The first-order valence-electron chi connectivity index (χ1n) is 6.83. The number of nitrogens with zero attached hydrogens (tertiary/aromatic N) is 2. The van der Waals surface area contributed by atoms with Crippen molar-refractivity contribution in [3.05, 3.63) is 65.3 Å². The molecule has 3 aromatic rings. The molecular weight excluding hydrogens is 316 g/mol. The Kier molecular flexibility index (Phi) is 4.04. The molecule has 116 valence electrons. The largest absolute Gasteiger partial charge is 0.497 e. The summed E-state index contributed by atoms with van der Waals surface area (Å²) >= 11 is 6.27. The molecule has 0 saturated carbocycles. The van der Waals surface area contributed by atoms with Crippen molar-refractivity contribution < 1.29 is 14.6 Å². The van der Waals surface area contributed by atoms with E-state index in [1.54, 1.807) is 43.5 Å². The summed E-state index contributed by atoms with van der Waals surface area (Å²) in [6.45, 7) is 0. The molecule has 0 fully saturated rings. The lowest BCUT2D eigenvalue weighted by Gasteiger charge is -2.04. The van der Waals surface area contributed by atoms with E-state index in [0.29, 0.717) is 22.7 Å². The zero-order valence-electron chi connectivity index (χ0n) is 12.2. The Morgan fingerprint density at radius 3 is 2.35 bits per heavy atom. The van der Waals surface area contributed by atoms with Gasteiger partial charge in [-0.05, 0) is 24.3 Å². The molecular formula is C17H13ClN2O3. The minimum atomic E-state index is -1.12. The molecule has 3 rings (SSSR count). The predicted octanol–water partition coefficient (Wildman–Crippen LogP) is 3.90. The third-order valence-electron chi connectivity index (χ3n) is 3.41. The van der Waals surface area contributed by atoms with Crippen LogP contribution >= 0.6 is 11.6 Å². The second kappa shape index (κ2) is 6.14. The molecule has 23 heavy (non-hydrogen) atoms. The molecule has 5 nitrogen and oxygen atoms in total. The van der Waals surface area contributed by atoms with E-state index in [-0.39, 0.29) is 10.7 Å². The first-order valence-corrected chi connectivity index (χ1v) is 7.21. The zero-order valence-corrected chi connectivity index (χ0v) is 13.0. The van der Waals surface area contributed by atoms with Crippen LogP contribution in [0.15, 0.2) is 54.6 Å². The van der Waals surface area contributed by atoms with Gasteiger partial charge in [0.25, 0.3) is 0 Å². The van der Waals surface area contributed by atoms with Gasteiger partial charge < -0.3 is 9.84 Å². The van der Waals surface area contributed by atoms with Gasteiger partial charge in [0.05, 0.1) is 12.8 Å². The predicted molar refractivity (Wildman–Crippen MR) is 87.5 cm³/mol. The van der Waals surface area contributed by atoms with Crippen LogP contribution in [0.3, 0.4) is 0 Å². The van der Waals surface area contributed by atoms with E-state index in [9.17, 15) is 9.90 Å². The molecule has 0 atom stereocenters. The van der Waals surface area contributed by atoms with Crippen molar-refractivity contribution in [2.75, 3.05) is 7.11 Å². The summed E-state index contributed by atoms with van der Waals surface area (Å²) < 4.78 is 6.52. The second-order valence-corrected chi connectivity index (χ2v) is 5.15. The molecule has 6 heteroatoms. The van der Waals surface area contributed by atoms with Crippen molar-refractivity contribution in [1.82, 2.24) is 9.78 Å². The second-order valence-electron chi connectivity index (χ2n) is 4.80. The quantitative estimate of drug-likeness (QED) is 0.789. The average Bonchev–Trinajstić information content (AvgIpc) is 2.93. The van der Waals surface area contributed by atoms with Gasteiger partial charge >= 0.3 is 5.97 Å². The van der Waals surface area contributed by atoms with Gasteiger partial charge in [0.15, 0.2) is 0 Å². The number of halogens is 1.